The summed E-state index contributed by atoms with van der Waals surface area (Å²) in [6.45, 7) is 1.48. The van der Waals surface area contributed by atoms with Crippen LogP contribution in [-0.2, 0) is 0 Å². The van der Waals surface area contributed by atoms with E-state index in [1.165, 1.54) is 25.1 Å². The van der Waals surface area contributed by atoms with Gasteiger partial charge in [-0.3, -0.25) is 10.1 Å². The van der Waals surface area contributed by atoms with Crippen molar-refractivity contribution in [3.63, 3.8) is 0 Å². The van der Waals surface area contributed by atoms with Gasteiger partial charge >= 0.3 is 5.69 Å². The third-order valence-corrected chi connectivity index (χ3v) is 1.91. The van der Waals surface area contributed by atoms with Crippen molar-refractivity contribution < 1.29 is 14.8 Å². The maximum atomic E-state index is 10.6. The lowest BCUT2D eigenvalue weighted by molar-refractivity contribution is -0.385. The number of para-hydroxylation sites is 1. The van der Waals surface area contributed by atoms with Crippen LogP contribution in [-0.4, -0.2) is 22.7 Å². The van der Waals surface area contributed by atoms with E-state index in [0.717, 1.165) is 0 Å². The first-order valence-corrected chi connectivity index (χ1v) is 4.64. The lowest BCUT2D eigenvalue weighted by atomic mass is 10.3. The van der Waals surface area contributed by atoms with Crippen molar-refractivity contribution >= 4 is 17.3 Å². The zero-order valence-electron chi connectivity index (χ0n) is 8.01. The van der Waals surface area contributed by atoms with Gasteiger partial charge in [0.25, 0.3) is 0 Å². The molecule has 1 aromatic carbocycles. The number of benzene rings is 1. The molecule has 1 unspecified atom stereocenters. The molecule has 0 aromatic heterocycles. The maximum absolute atomic E-state index is 10.6. The summed E-state index contributed by atoms with van der Waals surface area (Å²) < 4.78 is 5.07. The number of aliphatic hydroxyl groups excluding tert-OH is 1. The van der Waals surface area contributed by atoms with Crippen LogP contribution < -0.4 is 4.74 Å². The van der Waals surface area contributed by atoms with Gasteiger partial charge in [0.05, 0.1) is 16.0 Å². The summed E-state index contributed by atoms with van der Waals surface area (Å²) in [6.07, 6.45) is -0.708. The minimum Gasteiger partial charge on any atom is -0.483 e. The van der Waals surface area contributed by atoms with Crippen LogP contribution in [0.25, 0.3) is 0 Å². The highest BCUT2D eigenvalue weighted by Gasteiger charge is 2.18. The molecule has 0 aliphatic rings. The van der Waals surface area contributed by atoms with Crippen LogP contribution in [0.2, 0.25) is 5.02 Å². The predicted molar refractivity (Wildman–Crippen MR) is 55.3 cm³/mol. The van der Waals surface area contributed by atoms with E-state index >= 15 is 0 Å². The Bertz CT molecular complexity index is 367. The van der Waals surface area contributed by atoms with Gasteiger partial charge < -0.3 is 9.84 Å². The summed E-state index contributed by atoms with van der Waals surface area (Å²) in [4.78, 5) is 10.0. The average Bonchev–Trinajstić information content (AvgIpc) is 2.15. The smallest absolute Gasteiger partial charge is 0.312 e. The minimum absolute atomic E-state index is 0.00920. The second-order valence-electron chi connectivity index (χ2n) is 3.01. The van der Waals surface area contributed by atoms with Crippen molar-refractivity contribution in [3.05, 3.63) is 33.3 Å². The Kier molecular flexibility index (Phi) is 3.88. The van der Waals surface area contributed by atoms with Crippen LogP contribution in [0.4, 0.5) is 5.69 Å². The lowest BCUT2D eigenvalue weighted by Crippen LogP contribution is -2.13. The van der Waals surface area contributed by atoms with Crippen molar-refractivity contribution in [2.24, 2.45) is 0 Å². The maximum Gasteiger partial charge on any atom is 0.312 e. The number of nitrogens with zero attached hydrogens (tertiary/aromatic N) is 1. The van der Waals surface area contributed by atoms with E-state index in [0.29, 0.717) is 0 Å². The molecule has 0 heterocycles. The van der Waals surface area contributed by atoms with Gasteiger partial charge in [-0.15, -0.1) is 0 Å². The number of hydrogen-bond donors (Lipinski definition) is 1. The molecule has 0 bridgehead atoms. The van der Waals surface area contributed by atoms with Crippen molar-refractivity contribution in [2.45, 2.75) is 13.0 Å². The Morgan fingerprint density at radius 2 is 2.33 bits per heavy atom. The van der Waals surface area contributed by atoms with Crippen LogP contribution >= 0.6 is 11.6 Å². The number of rotatable bonds is 4. The van der Waals surface area contributed by atoms with Crippen LogP contribution in [0.5, 0.6) is 5.75 Å². The van der Waals surface area contributed by atoms with Gasteiger partial charge in [-0.2, -0.15) is 0 Å². The van der Waals surface area contributed by atoms with E-state index < -0.39 is 11.0 Å². The first-order chi connectivity index (χ1) is 7.02. The van der Waals surface area contributed by atoms with Gasteiger partial charge in [0, 0.05) is 6.07 Å². The lowest BCUT2D eigenvalue weighted by Gasteiger charge is -2.09. The molecule has 0 saturated carbocycles. The standard InChI is InChI=1S/C9H10ClNO4/c1-6(12)5-15-9-7(10)3-2-4-8(9)11(13)14/h2-4,6,12H,5H2,1H3. The fourth-order valence-electron chi connectivity index (χ4n) is 0.988. The third-order valence-electron chi connectivity index (χ3n) is 1.61. The Hall–Kier alpha value is -1.33. The molecule has 0 spiro atoms. The second kappa shape index (κ2) is 4.95. The highest BCUT2D eigenvalue weighted by Crippen LogP contribution is 2.34. The van der Waals surface area contributed by atoms with Gasteiger partial charge in [-0.25, -0.2) is 0 Å². The average molecular weight is 232 g/mol. The van der Waals surface area contributed by atoms with Crippen LogP contribution in [0.1, 0.15) is 6.92 Å². The molecule has 1 rings (SSSR count). The summed E-state index contributed by atoms with van der Waals surface area (Å²) in [5.41, 5.74) is -0.205. The van der Waals surface area contributed by atoms with Crippen molar-refractivity contribution in [1.82, 2.24) is 0 Å². The number of ether oxygens (including phenoxy) is 1. The van der Waals surface area contributed by atoms with Gasteiger partial charge in [0.1, 0.15) is 6.61 Å². The fourth-order valence-corrected chi connectivity index (χ4v) is 1.21. The molecule has 0 amide bonds. The molecule has 82 valence electrons. The largest absolute Gasteiger partial charge is 0.483 e. The molecular formula is C9H10ClNO4. The number of nitro groups is 1. The molecule has 15 heavy (non-hydrogen) atoms. The molecule has 0 aliphatic carbocycles. The summed E-state index contributed by atoms with van der Waals surface area (Å²) in [6, 6.07) is 4.25. The van der Waals surface area contributed by atoms with Crippen LogP contribution in [0.3, 0.4) is 0 Å². The number of halogens is 1. The molecule has 0 aliphatic heterocycles. The Morgan fingerprint density at radius 1 is 1.67 bits per heavy atom. The molecule has 6 heteroatoms. The first kappa shape index (κ1) is 11.7. The normalized spacial score (nSPS) is 12.2. The highest BCUT2D eigenvalue weighted by molar-refractivity contribution is 6.32. The zero-order chi connectivity index (χ0) is 11.4. The van der Waals surface area contributed by atoms with Crippen LogP contribution in [0.15, 0.2) is 18.2 Å². The molecule has 1 aromatic rings. The molecule has 5 nitrogen and oxygen atoms in total. The Balaban J connectivity index is 2.97. The topological polar surface area (TPSA) is 72.6 Å². The quantitative estimate of drug-likeness (QED) is 0.636. The molecule has 0 saturated heterocycles. The molecular weight excluding hydrogens is 222 g/mol. The predicted octanol–water partition coefficient (Wildman–Crippen LogP) is 2.01. The van der Waals surface area contributed by atoms with Crippen LogP contribution in [0, 0.1) is 10.1 Å². The van der Waals surface area contributed by atoms with E-state index in [4.69, 9.17) is 21.4 Å². The minimum atomic E-state index is -0.708. The molecule has 1 atom stereocenters. The van der Waals surface area contributed by atoms with E-state index in [1.54, 1.807) is 0 Å². The highest BCUT2D eigenvalue weighted by atomic mass is 35.5. The summed E-state index contributed by atoms with van der Waals surface area (Å²) >= 11 is 5.75. The summed E-state index contributed by atoms with van der Waals surface area (Å²) in [5, 5.41) is 19.8. The summed E-state index contributed by atoms with van der Waals surface area (Å²) in [5.74, 6) is -0.00920. The van der Waals surface area contributed by atoms with E-state index in [2.05, 4.69) is 0 Å². The van der Waals surface area contributed by atoms with E-state index in [1.807, 2.05) is 0 Å². The SMILES string of the molecule is CC(O)COc1c(Cl)cccc1[N+](=O)[O-]. The number of nitro benzene ring substituents is 1. The first-order valence-electron chi connectivity index (χ1n) is 4.26. The Labute approximate surface area is 91.4 Å². The Morgan fingerprint density at radius 3 is 2.87 bits per heavy atom. The van der Waals surface area contributed by atoms with Gasteiger partial charge in [-0.05, 0) is 13.0 Å². The monoisotopic (exact) mass is 231 g/mol. The van der Waals surface area contributed by atoms with Crippen molar-refractivity contribution in [1.29, 1.82) is 0 Å². The fraction of sp³-hybridized carbons (Fsp3) is 0.333. The third kappa shape index (κ3) is 3.07. The van der Waals surface area contributed by atoms with Gasteiger partial charge in [0.15, 0.2) is 0 Å². The zero-order valence-corrected chi connectivity index (χ0v) is 8.77. The van der Waals surface area contributed by atoms with E-state index in [9.17, 15) is 10.1 Å². The second-order valence-corrected chi connectivity index (χ2v) is 3.41. The van der Waals surface area contributed by atoms with Gasteiger partial charge in [-0.1, -0.05) is 17.7 Å². The number of aliphatic hydroxyl groups is 1. The number of hydrogen-bond acceptors (Lipinski definition) is 4. The molecule has 0 fully saturated rings. The van der Waals surface area contributed by atoms with E-state index in [-0.39, 0.29) is 23.1 Å². The van der Waals surface area contributed by atoms with Crippen molar-refractivity contribution in [3.8, 4) is 5.75 Å². The summed E-state index contributed by atoms with van der Waals surface area (Å²) in [7, 11) is 0. The van der Waals surface area contributed by atoms with Gasteiger partial charge in [0.2, 0.25) is 5.75 Å². The molecule has 0 radical (unpaired) electrons. The van der Waals surface area contributed by atoms with Crippen molar-refractivity contribution in [2.75, 3.05) is 6.61 Å². The molecule has 1 N–H and O–H groups in total.